The van der Waals surface area contributed by atoms with E-state index in [2.05, 4.69) is 21.2 Å². The highest BCUT2D eigenvalue weighted by Crippen LogP contribution is 2.24. The molecule has 5 heteroatoms. The molecule has 1 aromatic carbocycles. The van der Waals surface area contributed by atoms with E-state index in [-0.39, 0.29) is 24.4 Å². The number of rotatable bonds is 1. The molecule has 0 aliphatic carbocycles. The molecule has 1 atom stereocenters. The Morgan fingerprint density at radius 1 is 1.53 bits per heavy atom. The highest BCUT2D eigenvalue weighted by Gasteiger charge is 2.20. The maximum absolute atomic E-state index is 13.0. The van der Waals surface area contributed by atoms with E-state index in [0.29, 0.717) is 11.0 Å². The van der Waals surface area contributed by atoms with Gasteiger partial charge in [0.25, 0.3) is 0 Å². The Balaban J connectivity index is 2.16. The Hall–Kier alpha value is -0.940. The molecule has 2 rings (SSSR count). The van der Waals surface area contributed by atoms with Gasteiger partial charge < -0.3 is 10.1 Å². The number of benzene rings is 1. The molecule has 0 radical (unpaired) electrons. The van der Waals surface area contributed by atoms with E-state index in [9.17, 15) is 9.18 Å². The topological polar surface area (TPSA) is 38.3 Å². The van der Waals surface area contributed by atoms with E-state index in [1.807, 2.05) is 0 Å². The average molecular weight is 274 g/mol. The zero-order valence-electron chi connectivity index (χ0n) is 7.80. The van der Waals surface area contributed by atoms with Crippen molar-refractivity contribution < 1.29 is 13.9 Å². The van der Waals surface area contributed by atoms with Crippen molar-refractivity contribution in [2.75, 3.05) is 13.2 Å². The molecule has 1 aliphatic rings. The van der Waals surface area contributed by atoms with Gasteiger partial charge in [0.05, 0.1) is 4.47 Å². The summed E-state index contributed by atoms with van der Waals surface area (Å²) >= 11 is 3.11. The molecule has 1 aliphatic heterocycles. The molecule has 0 unspecified atom stereocenters. The summed E-state index contributed by atoms with van der Waals surface area (Å²) < 4.78 is 18.7. The zero-order chi connectivity index (χ0) is 10.8. The second-order valence-electron chi connectivity index (χ2n) is 3.28. The molecule has 0 spiro atoms. The van der Waals surface area contributed by atoms with Crippen molar-refractivity contribution in [1.82, 2.24) is 5.32 Å². The number of hydrogen-bond donors (Lipinski definition) is 1. The lowest BCUT2D eigenvalue weighted by atomic mass is 10.1. The summed E-state index contributed by atoms with van der Waals surface area (Å²) in [4.78, 5) is 10.9. The van der Waals surface area contributed by atoms with Crippen molar-refractivity contribution in [1.29, 1.82) is 0 Å². The van der Waals surface area contributed by atoms with Crippen LogP contribution in [0.15, 0.2) is 22.7 Å². The number of nitrogens with one attached hydrogen (secondary N) is 1. The van der Waals surface area contributed by atoms with Crippen LogP contribution in [0, 0.1) is 5.82 Å². The molecule has 0 aromatic heterocycles. The zero-order valence-corrected chi connectivity index (χ0v) is 9.38. The molecule has 80 valence electrons. The number of carbonyl (C=O) groups is 1. The summed E-state index contributed by atoms with van der Waals surface area (Å²) in [5.41, 5.74) is 0.850. The molecule has 1 aromatic rings. The molecule has 0 bridgehead atoms. The van der Waals surface area contributed by atoms with Gasteiger partial charge in [-0.2, -0.15) is 0 Å². The number of morpholine rings is 1. The van der Waals surface area contributed by atoms with Crippen molar-refractivity contribution >= 4 is 21.8 Å². The molecule has 0 saturated carbocycles. The molecule has 1 N–H and O–H groups in total. The van der Waals surface area contributed by atoms with Crippen LogP contribution in [0.1, 0.15) is 11.7 Å². The minimum absolute atomic E-state index is 0.0552. The van der Waals surface area contributed by atoms with Gasteiger partial charge in [0.1, 0.15) is 18.5 Å². The van der Waals surface area contributed by atoms with Gasteiger partial charge in [0, 0.05) is 6.54 Å². The van der Waals surface area contributed by atoms with Crippen LogP contribution in [0.5, 0.6) is 0 Å². The molecular formula is C10H9BrFNO2. The Kier molecular flexibility index (Phi) is 3.02. The first-order chi connectivity index (χ1) is 7.16. The fourth-order valence-electron chi connectivity index (χ4n) is 1.42. The molecule has 1 amide bonds. The van der Waals surface area contributed by atoms with Crippen LogP contribution in [-0.2, 0) is 9.53 Å². The van der Waals surface area contributed by atoms with Gasteiger partial charge in [-0.3, -0.25) is 4.79 Å². The lowest BCUT2D eigenvalue weighted by molar-refractivity contribution is -0.133. The van der Waals surface area contributed by atoms with Crippen LogP contribution in [0.4, 0.5) is 4.39 Å². The minimum atomic E-state index is -0.307. The lowest BCUT2D eigenvalue weighted by Crippen LogP contribution is -2.38. The largest absolute Gasteiger partial charge is 0.362 e. The van der Waals surface area contributed by atoms with Gasteiger partial charge in [-0.25, -0.2) is 4.39 Å². The van der Waals surface area contributed by atoms with Crippen LogP contribution < -0.4 is 5.32 Å². The maximum atomic E-state index is 13.0. The Labute approximate surface area is 94.7 Å². The van der Waals surface area contributed by atoms with E-state index in [0.717, 1.165) is 5.56 Å². The van der Waals surface area contributed by atoms with Crippen molar-refractivity contribution in [2.45, 2.75) is 6.10 Å². The SMILES string of the molecule is O=C1CO[C@H](c2ccc(F)c(Br)c2)CN1. The van der Waals surface area contributed by atoms with E-state index < -0.39 is 0 Å². The third-order valence-corrected chi connectivity index (χ3v) is 2.82. The molecule has 3 nitrogen and oxygen atoms in total. The highest BCUT2D eigenvalue weighted by atomic mass is 79.9. The third kappa shape index (κ3) is 2.35. The van der Waals surface area contributed by atoms with Crippen LogP contribution in [0.25, 0.3) is 0 Å². The molecule has 15 heavy (non-hydrogen) atoms. The molecule has 1 heterocycles. The summed E-state index contributed by atoms with van der Waals surface area (Å²) in [7, 11) is 0. The van der Waals surface area contributed by atoms with E-state index >= 15 is 0 Å². The molecular weight excluding hydrogens is 265 g/mol. The van der Waals surface area contributed by atoms with Gasteiger partial charge in [-0.05, 0) is 33.6 Å². The van der Waals surface area contributed by atoms with Crippen molar-refractivity contribution in [2.24, 2.45) is 0 Å². The van der Waals surface area contributed by atoms with Crippen molar-refractivity contribution in [3.63, 3.8) is 0 Å². The highest BCUT2D eigenvalue weighted by molar-refractivity contribution is 9.10. The van der Waals surface area contributed by atoms with Crippen molar-refractivity contribution in [3.05, 3.63) is 34.1 Å². The van der Waals surface area contributed by atoms with Crippen LogP contribution in [-0.4, -0.2) is 19.1 Å². The smallest absolute Gasteiger partial charge is 0.246 e. The van der Waals surface area contributed by atoms with Crippen molar-refractivity contribution in [3.8, 4) is 0 Å². The van der Waals surface area contributed by atoms with Gasteiger partial charge in [-0.15, -0.1) is 0 Å². The van der Waals surface area contributed by atoms with E-state index in [1.54, 1.807) is 12.1 Å². The predicted molar refractivity (Wildman–Crippen MR) is 55.8 cm³/mol. The lowest BCUT2D eigenvalue weighted by Gasteiger charge is -2.23. The predicted octanol–water partition coefficient (Wildman–Crippen LogP) is 1.78. The van der Waals surface area contributed by atoms with E-state index in [1.165, 1.54) is 6.07 Å². The Morgan fingerprint density at radius 3 is 2.93 bits per heavy atom. The number of carbonyl (C=O) groups excluding carboxylic acids is 1. The standard InChI is InChI=1S/C10H9BrFNO2/c11-7-3-6(1-2-8(7)12)9-4-13-10(14)5-15-9/h1-3,9H,4-5H2,(H,13,14)/t9-/m0/s1. The number of amides is 1. The Bertz CT molecular complexity index is 387. The Morgan fingerprint density at radius 2 is 2.33 bits per heavy atom. The first-order valence-electron chi connectivity index (χ1n) is 4.50. The van der Waals surface area contributed by atoms with E-state index in [4.69, 9.17) is 4.74 Å². The molecule has 1 saturated heterocycles. The average Bonchev–Trinajstić information content (AvgIpc) is 2.23. The summed E-state index contributed by atoms with van der Waals surface area (Å²) in [5.74, 6) is -0.425. The summed E-state index contributed by atoms with van der Waals surface area (Å²) in [6, 6.07) is 4.69. The summed E-state index contributed by atoms with van der Waals surface area (Å²) in [5, 5.41) is 2.69. The fourth-order valence-corrected chi connectivity index (χ4v) is 1.82. The molecule has 1 fully saturated rings. The van der Waals surface area contributed by atoms with Gasteiger partial charge in [-0.1, -0.05) is 6.07 Å². The normalized spacial score (nSPS) is 21.2. The van der Waals surface area contributed by atoms with Crippen LogP contribution in [0.2, 0.25) is 0 Å². The summed E-state index contributed by atoms with van der Waals surface area (Å²) in [6.45, 7) is 0.483. The third-order valence-electron chi connectivity index (χ3n) is 2.22. The quantitative estimate of drug-likeness (QED) is 0.847. The maximum Gasteiger partial charge on any atom is 0.246 e. The van der Waals surface area contributed by atoms with Gasteiger partial charge in [0.15, 0.2) is 0 Å². The first kappa shape index (κ1) is 10.6. The van der Waals surface area contributed by atoms with Gasteiger partial charge >= 0.3 is 0 Å². The second-order valence-corrected chi connectivity index (χ2v) is 4.13. The minimum Gasteiger partial charge on any atom is -0.362 e. The summed E-state index contributed by atoms with van der Waals surface area (Å²) in [6.07, 6.45) is -0.195. The van der Waals surface area contributed by atoms with Crippen LogP contribution >= 0.6 is 15.9 Å². The fraction of sp³-hybridized carbons (Fsp3) is 0.300. The van der Waals surface area contributed by atoms with Gasteiger partial charge in [0.2, 0.25) is 5.91 Å². The number of ether oxygens (including phenoxy) is 1. The second kappa shape index (κ2) is 4.28. The number of halogens is 2. The monoisotopic (exact) mass is 273 g/mol. The first-order valence-corrected chi connectivity index (χ1v) is 5.29. The number of hydrogen-bond acceptors (Lipinski definition) is 2. The van der Waals surface area contributed by atoms with Crippen LogP contribution in [0.3, 0.4) is 0 Å².